The predicted molar refractivity (Wildman–Crippen MR) is 52.2 cm³/mol. The first-order valence-electron chi connectivity index (χ1n) is 5.41. The van der Waals surface area contributed by atoms with Gasteiger partial charge in [0.15, 0.2) is 0 Å². The van der Waals surface area contributed by atoms with Crippen molar-refractivity contribution in [2.75, 3.05) is 7.05 Å². The van der Waals surface area contributed by atoms with Crippen LogP contribution in [0.2, 0.25) is 0 Å². The first-order chi connectivity index (χ1) is 5.68. The second-order valence-corrected chi connectivity index (χ2v) is 4.95. The molecule has 0 aromatic heterocycles. The molecule has 3 rings (SSSR count). The minimum absolute atomic E-state index is 0.680. The molecule has 0 aromatic rings. The lowest BCUT2D eigenvalue weighted by molar-refractivity contribution is -0.147. The highest BCUT2D eigenvalue weighted by molar-refractivity contribution is 5.14. The lowest BCUT2D eigenvalue weighted by Crippen LogP contribution is -2.68. The van der Waals surface area contributed by atoms with Gasteiger partial charge in [-0.15, -0.1) is 0 Å². The Hall–Kier alpha value is -0.0400. The van der Waals surface area contributed by atoms with Crippen LogP contribution in [0.25, 0.3) is 0 Å². The van der Waals surface area contributed by atoms with E-state index in [1.165, 1.54) is 32.1 Å². The molecule has 12 heavy (non-hydrogen) atoms. The van der Waals surface area contributed by atoms with Crippen LogP contribution in [0.3, 0.4) is 0 Å². The normalized spacial score (nSPS) is 40.5. The molecule has 0 N–H and O–H groups in total. The van der Waals surface area contributed by atoms with Gasteiger partial charge in [0.25, 0.3) is 0 Å². The lowest BCUT2D eigenvalue weighted by Gasteiger charge is -2.67. The van der Waals surface area contributed by atoms with E-state index >= 15 is 0 Å². The monoisotopic (exact) mass is 167 g/mol. The van der Waals surface area contributed by atoms with E-state index in [0.29, 0.717) is 5.54 Å². The van der Waals surface area contributed by atoms with Gasteiger partial charge >= 0.3 is 0 Å². The smallest absolute Gasteiger partial charge is 0.0217 e. The number of rotatable bonds is 4. The molecule has 3 aliphatic rings. The number of nitrogens with zero attached hydrogens (tertiary/aromatic N) is 1. The maximum absolute atomic E-state index is 2.65. The average Bonchev–Trinajstić information content (AvgIpc) is 1.81. The van der Waals surface area contributed by atoms with Gasteiger partial charge in [-0.25, -0.2) is 0 Å². The van der Waals surface area contributed by atoms with Crippen LogP contribution in [0.15, 0.2) is 0 Å². The van der Waals surface area contributed by atoms with Crippen molar-refractivity contribution in [2.45, 2.75) is 57.5 Å². The summed E-state index contributed by atoms with van der Waals surface area (Å²) in [4.78, 5) is 2.65. The van der Waals surface area contributed by atoms with Gasteiger partial charge in [0.05, 0.1) is 0 Å². The molecule has 0 aliphatic heterocycles. The molecule has 1 atom stereocenters. The predicted octanol–water partition coefficient (Wildman–Crippen LogP) is 2.66. The van der Waals surface area contributed by atoms with Crippen LogP contribution in [0.1, 0.15) is 46.0 Å². The molecule has 0 spiro atoms. The standard InChI is InChI=1S/C11H21N/c1-4-5-9(2)12(3)11-6-10(7-11)8-11/h9-10H,4-8H2,1-3H3/t9-,10?,11?/m1/s1. The Bertz CT molecular complexity index is 159. The average molecular weight is 167 g/mol. The third kappa shape index (κ3) is 1.02. The van der Waals surface area contributed by atoms with Gasteiger partial charge in [-0.2, -0.15) is 0 Å². The quantitative estimate of drug-likeness (QED) is 0.622. The highest BCUT2D eigenvalue weighted by atomic mass is 15.2. The third-order valence-corrected chi connectivity index (χ3v) is 4.12. The largest absolute Gasteiger partial charge is 0.298 e. The molecule has 0 radical (unpaired) electrons. The Balaban J connectivity index is 1.86. The molecule has 0 aromatic carbocycles. The minimum atomic E-state index is 0.680. The lowest BCUT2D eigenvalue weighted by atomic mass is 9.49. The van der Waals surface area contributed by atoms with Crippen LogP contribution >= 0.6 is 0 Å². The van der Waals surface area contributed by atoms with Crippen LogP contribution in [0.4, 0.5) is 0 Å². The van der Waals surface area contributed by atoms with Gasteiger partial charge < -0.3 is 0 Å². The molecule has 0 saturated heterocycles. The van der Waals surface area contributed by atoms with Crippen LogP contribution in [-0.2, 0) is 0 Å². The molecule has 0 amide bonds. The molecular weight excluding hydrogens is 146 g/mol. The number of hydrogen-bond acceptors (Lipinski definition) is 1. The summed E-state index contributed by atoms with van der Waals surface area (Å²) >= 11 is 0. The van der Waals surface area contributed by atoms with Crippen molar-refractivity contribution in [2.24, 2.45) is 5.92 Å². The van der Waals surface area contributed by atoms with Gasteiger partial charge in [0.1, 0.15) is 0 Å². The Morgan fingerprint density at radius 1 is 1.42 bits per heavy atom. The Kier molecular flexibility index (Phi) is 1.95. The molecule has 0 heterocycles. The highest BCUT2D eigenvalue weighted by Crippen LogP contribution is 2.60. The molecular formula is C11H21N. The van der Waals surface area contributed by atoms with Crippen LogP contribution < -0.4 is 0 Å². The summed E-state index contributed by atoms with van der Waals surface area (Å²) in [5.41, 5.74) is 0.680. The molecule has 70 valence electrons. The first-order valence-corrected chi connectivity index (χ1v) is 5.41. The fourth-order valence-corrected chi connectivity index (χ4v) is 2.94. The van der Waals surface area contributed by atoms with E-state index in [9.17, 15) is 0 Å². The zero-order valence-corrected chi connectivity index (χ0v) is 8.64. The van der Waals surface area contributed by atoms with E-state index in [0.717, 1.165) is 12.0 Å². The third-order valence-electron chi connectivity index (χ3n) is 4.12. The van der Waals surface area contributed by atoms with Crippen molar-refractivity contribution in [3.05, 3.63) is 0 Å². The maximum atomic E-state index is 2.65. The Morgan fingerprint density at radius 2 is 2.00 bits per heavy atom. The molecule has 1 heteroatoms. The molecule has 3 aliphatic carbocycles. The molecule has 0 unspecified atom stereocenters. The SMILES string of the molecule is CCC[C@@H](C)N(C)C12CC(C1)C2. The second-order valence-electron chi connectivity index (χ2n) is 4.95. The maximum Gasteiger partial charge on any atom is 0.0217 e. The summed E-state index contributed by atoms with van der Waals surface area (Å²) in [5.74, 6) is 1.11. The van der Waals surface area contributed by atoms with Crippen molar-refractivity contribution >= 4 is 0 Å². The topological polar surface area (TPSA) is 3.24 Å². The summed E-state index contributed by atoms with van der Waals surface area (Å²) in [6, 6.07) is 0.802. The summed E-state index contributed by atoms with van der Waals surface area (Å²) in [6.07, 6.45) is 7.18. The zero-order chi connectivity index (χ0) is 8.77. The molecule has 2 bridgehead atoms. The molecule has 3 saturated carbocycles. The van der Waals surface area contributed by atoms with E-state index in [4.69, 9.17) is 0 Å². The second kappa shape index (κ2) is 2.73. The van der Waals surface area contributed by atoms with E-state index in [2.05, 4.69) is 25.8 Å². The van der Waals surface area contributed by atoms with Crippen molar-refractivity contribution < 1.29 is 0 Å². The highest BCUT2D eigenvalue weighted by Gasteiger charge is 2.59. The van der Waals surface area contributed by atoms with Crippen molar-refractivity contribution in [3.8, 4) is 0 Å². The van der Waals surface area contributed by atoms with Crippen molar-refractivity contribution in [1.82, 2.24) is 4.90 Å². The van der Waals surface area contributed by atoms with Crippen molar-refractivity contribution in [3.63, 3.8) is 0 Å². The summed E-state index contributed by atoms with van der Waals surface area (Å²) < 4.78 is 0. The first kappa shape index (κ1) is 8.55. The van der Waals surface area contributed by atoms with Crippen molar-refractivity contribution in [1.29, 1.82) is 0 Å². The van der Waals surface area contributed by atoms with E-state index in [-0.39, 0.29) is 0 Å². The molecule has 1 nitrogen and oxygen atoms in total. The zero-order valence-electron chi connectivity index (χ0n) is 8.64. The summed E-state index contributed by atoms with van der Waals surface area (Å²) in [6.45, 7) is 4.66. The van der Waals surface area contributed by atoms with E-state index in [1.54, 1.807) is 0 Å². The number of hydrogen-bond donors (Lipinski definition) is 0. The minimum Gasteiger partial charge on any atom is -0.298 e. The van der Waals surface area contributed by atoms with Gasteiger partial charge in [0.2, 0.25) is 0 Å². The van der Waals surface area contributed by atoms with E-state index in [1.807, 2.05) is 0 Å². The van der Waals surface area contributed by atoms with Gasteiger partial charge in [-0.05, 0) is 45.6 Å². The summed E-state index contributed by atoms with van der Waals surface area (Å²) in [7, 11) is 2.33. The Labute approximate surface area is 76.1 Å². The van der Waals surface area contributed by atoms with Gasteiger partial charge in [-0.3, -0.25) is 4.90 Å². The van der Waals surface area contributed by atoms with Crippen LogP contribution in [0.5, 0.6) is 0 Å². The van der Waals surface area contributed by atoms with Crippen LogP contribution in [0, 0.1) is 5.92 Å². The molecule has 3 fully saturated rings. The summed E-state index contributed by atoms with van der Waals surface area (Å²) in [5, 5.41) is 0. The Morgan fingerprint density at radius 3 is 2.33 bits per heavy atom. The van der Waals surface area contributed by atoms with Crippen LogP contribution in [-0.4, -0.2) is 23.5 Å². The van der Waals surface area contributed by atoms with Gasteiger partial charge in [0, 0.05) is 11.6 Å². The fraction of sp³-hybridized carbons (Fsp3) is 1.00. The van der Waals surface area contributed by atoms with E-state index < -0.39 is 0 Å². The fourth-order valence-electron chi connectivity index (χ4n) is 2.94. The van der Waals surface area contributed by atoms with Gasteiger partial charge in [-0.1, -0.05) is 13.3 Å².